The summed E-state index contributed by atoms with van der Waals surface area (Å²) in [6, 6.07) is 66.9. The van der Waals surface area contributed by atoms with E-state index in [-0.39, 0.29) is 5.41 Å². The lowest BCUT2D eigenvalue weighted by atomic mass is 9.82. The van der Waals surface area contributed by atoms with E-state index in [0.29, 0.717) is 17.5 Å². The van der Waals surface area contributed by atoms with Gasteiger partial charge in [-0.2, -0.15) is 0 Å². The number of benzene rings is 8. The van der Waals surface area contributed by atoms with Crippen LogP contribution in [0.5, 0.6) is 0 Å². The van der Waals surface area contributed by atoms with E-state index in [4.69, 9.17) is 15.0 Å². The average Bonchev–Trinajstić information content (AvgIpc) is 3.49. The molecule has 0 saturated heterocycles. The highest BCUT2D eigenvalue weighted by Gasteiger charge is 2.35. The highest BCUT2D eigenvalue weighted by atomic mass is 15.0. The van der Waals surface area contributed by atoms with Crippen LogP contribution in [-0.2, 0) is 5.41 Å². The molecule has 1 aliphatic rings. The lowest BCUT2D eigenvalue weighted by Crippen LogP contribution is -2.14. The number of aromatic nitrogens is 3. The summed E-state index contributed by atoms with van der Waals surface area (Å²) in [7, 11) is 0. The molecule has 0 radical (unpaired) electrons. The minimum absolute atomic E-state index is 0.00739. The summed E-state index contributed by atoms with van der Waals surface area (Å²) in [5.41, 5.74) is 15.5. The summed E-state index contributed by atoms with van der Waals surface area (Å²) in [4.78, 5) is 14.9. The molecule has 0 bridgehead atoms. The van der Waals surface area contributed by atoms with Crippen LogP contribution in [0.15, 0.2) is 188 Å². The Labute approximate surface area is 321 Å². The van der Waals surface area contributed by atoms with Gasteiger partial charge in [0.15, 0.2) is 17.5 Å². The van der Waals surface area contributed by atoms with E-state index in [2.05, 4.69) is 141 Å². The molecular formula is C52H37N3. The van der Waals surface area contributed by atoms with Gasteiger partial charge in [-0.15, -0.1) is 0 Å². The van der Waals surface area contributed by atoms with Crippen LogP contribution in [0, 0.1) is 0 Å². The fraction of sp³-hybridized carbons (Fsp3) is 0.0577. The SMILES string of the molecule is CC1(C)c2ccccc2-c2cc(-c3ccc(-c4cccc5c(-c6cccc(-c7nc(-c8ccccc8)nc(-c8ccccc8)n7)c6)cccc45)cc3)ccc21. The van der Waals surface area contributed by atoms with Gasteiger partial charge in [-0.25, -0.2) is 15.0 Å². The molecule has 0 amide bonds. The van der Waals surface area contributed by atoms with Crippen molar-refractivity contribution in [2.45, 2.75) is 19.3 Å². The molecule has 3 nitrogen and oxygen atoms in total. The quantitative estimate of drug-likeness (QED) is 0.173. The van der Waals surface area contributed by atoms with Gasteiger partial charge in [0.1, 0.15) is 0 Å². The molecule has 9 aromatic rings. The molecule has 55 heavy (non-hydrogen) atoms. The van der Waals surface area contributed by atoms with E-state index in [9.17, 15) is 0 Å². The van der Waals surface area contributed by atoms with E-state index in [1.54, 1.807) is 0 Å². The largest absolute Gasteiger partial charge is 0.208 e. The molecule has 0 aliphatic heterocycles. The summed E-state index contributed by atoms with van der Waals surface area (Å²) in [6.07, 6.45) is 0. The van der Waals surface area contributed by atoms with E-state index in [1.165, 1.54) is 60.8 Å². The highest BCUT2D eigenvalue weighted by Crippen LogP contribution is 2.49. The van der Waals surface area contributed by atoms with Gasteiger partial charge in [0.05, 0.1) is 0 Å². The van der Waals surface area contributed by atoms with Crippen molar-refractivity contribution in [1.29, 1.82) is 0 Å². The first-order valence-electron chi connectivity index (χ1n) is 18.9. The van der Waals surface area contributed by atoms with Crippen molar-refractivity contribution >= 4 is 10.8 Å². The molecule has 260 valence electrons. The van der Waals surface area contributed by atoms with E-state index in [1.807, 2.05) is 60.7 Å². The molecule has 3 heteroatoms. The van der Waals surface area contributed by atoms with Crippen molar-refractivity contribution in [2.24, 2.45) is 0 Å². The Bertz CT molecular complexity index is 2820. The second-order valence-electron chi connectivity index (χ2n) is 14.8. The van der Waals surface area contributed by atoms with Gasteiger partial charge in [0.2, 0.25) is 0 Å². The third kappa shape index (κ3) is 5.73. The molecule has 10 rings (SSSR count). The molecule has 0 atom stereocenters. The second kappa shape index (κ2) is 13.2. The van der Waals surface area contributed by atoms with Gasteiger partial charge in [-0.3, -0.25) is 0 Å². The predicted octanol–water partition coefficient (Wildman–Crippen LogP) is 13.3. The summed E-state index contributed by atoms with van der Waals surface area (Å²) in [6.45, 7) is 4.66. The second-order valence-corrected chi connectivity index (χ2v) is 14.8. The Morgan fingerprint density at radius 3 is 1.40 bits per heavy atom. The van der Waals surface area contributed by atoms with Crippen molar-refractivity contribution in [3.05, 3.63) is 199 Å². The van der Waals surface area contributed by atoms with Crippen LogP contribution in [-0.4, -0.2) is 15.0 Å². The number of rotatable bonds is 6. The molecule has 1 heterocycles. The molecule has 1 aromatic heterocycles. The molecular weight excluding hydrogens is 667 g/mol. The lowest BCUT2D eigenvalue weighted by molar-refractivity contribution is 0.660. The zero-order valence-electron chi connectivity index (χ0n) is 30.7. The topological polar surface area (TPSA) is 38.7 Å². The number of nitrogens with zero attached hydrogens (tertiary/aromatic N) is 3. The minimum atomic E-state index is 0.00739. The van der Waals surface area contributed by atoms with E-state index < -0.39 is 0 Å². The first-order chi connectivity index (χ1) is 27.0. The standard InChI is InChI=1S/C52H37N3/c1-52(2)47-25-10-9-20-45(47)46-33-38(30-31-48(46)52)34-26-28-35(29-27-34)41-21-12-24-44-42(22-13-23-43(41)44)39-18-11-19-40(32-39)51-54-49(36-14-5-3-6-15-36)53-50(55-51)37-16-7-4-8-17-37/h3-33H,1-2H3. The zero-order chi connectivity index (χ0) is 36.9. The third-order valence-corrected chi connectivity index (χ3v) is 11.2. The molecule has 0 N–H and O–H groups in total. The van der Waals surface area contributed by atoms with Gasteiger partial charge in [0, 0.05) is 22.1 Å². The van der Waals surface area contributed by atoms with Gasteiger partial charge in [-0.05, 0) is 78.5 Å². The van der Waals surface area contributed by atoms with Crippen molar-refractivity contribution < 1.29 is 0 Å². The first-order valence-corrected chi connectivity index (χ1v) is 18.9. The maximum absolute atomic E-state index is 4.99. The van der Waals surface area contributed by atoms with Crippen molar-refractivity contribution in [3.8, 4) is 78.7 Å². The van der Waals surface area contributed by atoms with Crippen LogP contribution in [0.4, 0.5) is 0 Å². The number of hydrogen-bond acceptors (Lipinski definition) is 3. The minimum Gasteiger partial charge on any atom is -0.208 e. The van der Waals surface area contributed by atoms with E-state index in [0.717, 1.165) is 22.3 Å². The van der Waals surface area contributed by atoms with Crippen LogP contribution >= 0.6 is 0 Å². The molecule has 8 aromatic carbocycles. The molecule has 1 aliphatic carbocycles. The summed E-state index contributed by atoms with van der Waals surface area (Å²) >= 11 is 0. The van der Waals surface area contributed by atoms with Crippen LogP contribution in [0.3, 0.4) is 0 Å². The third-order valence-electron chi connectivity index (χ3n) is 11.2. The fourth-order valence-corrected chi connectivity index (χ4v) is 8.32. The monoisotopic (exact) mass is 703 g/mol. The maximum Gasteiger partial charge on any atom is 0.164 e. The summed E-state index contributed by atoms with van der Waals surface area (Å²) in [5, 5.41) is 2.42. The molecule has 0 fully saturated rings. The van der Waals surface area contributed by atoms with Crippen molar-refractivity contribution in [3.63, 3.8) is 0 Å². The molecule has 0 spiro atoms. The van der Waals surface area contributed by atoms with Crippen LogP contribution in [0.2, 0.25) is 0 Å². The number of hydrogen-bond donors (Lipinski definition) is 0. The smallest absolute Gasteiger partial charge is 0.164 e. The Balaban J connectivity index is 1.01. The maximum atomic E-state index is 4.99. The van der Waals surface area contributed by atoms with Crippen LogP contribution in [0.1, 0.15) is 25.0 Å². The van der Waals surface area contributed by atoms with Crippen LogP contribution in [0.25, 0.3) is 89.4 Å². The Morgan fingerprint density at radius 1 is 0.291 bits per heavy atom. The summed E-state index contributed by atoms with van der Waals surface area (Å²) in [5.74, 6) is 1.95. The average molecular weight is 704 g/mol. The predicted molar refractivity (Wildman–Crippen MR) is 228 cm³/mol. The summed E-state index contributed by atoms with van der Waals surface area (Å²) < 4.78 is 0. The van der Waals surface area contributed by atoms with Gasteiger partial charge >= 0.3 is 0 Å². The Hall–Kier alpha value is -6.97. The Morgan fingerprint density at radius 2 is 0.745 bits per heavy atom. The fourth-order valence-electron chi connectivity index (χ4n) is 8.32. The van der Waals surface area contributed by atoms with Crippen LogP contribution < -0.4 is 0 Å². The zero-order valence-corrected chi connectivity index (χ0v) is 30.7. The van der Waals surface area contributed by atoms with Gasteiger partial charge in [-0.1, -0.05) is 190 Å². The molecule has 0 unspecified atom stereocenters. The van der Waals surface area contributed by atoms with Crippen molar-refractivity contribution in [2.75, 3.05) is 0 Å². The van der Waals surface area contributed by atoms with Gasteiger partial charge < -0.3 is 0 Å². The van der Waals surface area contributed by atoms with Crippen molar-refractivity contribution in [1.82, 2.24) is 15.0 Å². The normalized spacial score (nSPS) is 12.7. The lowest BCUT2D eigenvalue weighted by Gasteiger charge is -2.21. The van der Waals surface area contributed by atoms with E-state index >= 15 is 0 Å². The number of fused-ring (bicyclic) bond motifs is 4. The first kappa shape index (κ1) is 32.7. The highest BCUT2D eigenvalue weighted by molar-refractivity contribution is 6.04. The molecule has 0 saturated carbocycles. The van der Waals surface area contributed by atoms with Gasteiger partial charge in [0.25, 0.3) is 0 Å². The Kier molecular flexibility index (Phi) is 7.81.